The third-order valence-electron chi connectivity index (χ3n) is 10.2. The Morgan fingerprint density at radius 2 is 0.784 bits per heavy atom. The third kappa shape index (κ3) is 10.3. The van der Waals surface area contributed by atoms with Crippen LogP contribution in [-0.4, -0.2) is 40.5 Å². The average molecular weight is 546 g/mol. The maximum absolute atomic E-state index is 6.76. The molecular weight excluding hydrogens is 484 g/mol. The fourth-order valence-corrected chi connectivity index (χ4v) is 15.8. The van der Waals surface area contributed by atoms with Crippen molar-refractivity contribution in [2.75, 3.05) is 12.3 Å². The van der Waals surface area contributed by atoms with Gasteiger partial charge in [-0.25, -0.2) is 0 Å². The molecule has 37 heavy (non-hydrogen) atoms. The molecule has 4 rings (SSSR count). The van der Waals surface area contributed by atoms with Crippen molar-refractivity contribution in [2.24, 2.45) is 5.73 Å². The molecule has 0 unspecified atom stereocenters. The molecule has 0 heterocycles. The van der Waals surface area contributed by atoms with Crippen molar-refractivity contribution in [3.05, 3.63) is 24.3 Å². The lowest BCUT2D eigenvalue weighted by Crippen LogP contribution is -2.30. The first kappa shape index (κ1) is 30.3. The first-order chi connectivity index (χ1) is 18.1. The van der Waals surface area contributed by atoms with Crippen LogP contribution in [0.5, 0.6) is 0 Å². The Labute approximate surface area is 234 Å². The van der Waals surface area contributed by atoms with Crippen LogP contribution in [0.4, 0.5) is 0 Å². The minimum atomic E-state index is -0.281. The van der Waals surface area contributed by atoms with Crippen molar-refractivity contribution in [1.82, 2.24) is 0 Å². The lowest BCUT2D eigenvalue weighted by molar-refractivity contribution is 0.484. The van der Waals surface area contributed by atoms with E-state index in [1.807, 2.05) is 0 Å². The maximum atomic E-state index is 6.76. The second-order valence-corrected chi connectivity index (χ2v) is 19.3. The zero-order chi connectivity index (χ0) is 25.8. The maximum Gasteiger partial charge on any atom is 0.0496 e. The molecule has 1 nitrogen and oxygen atoms in total. The second-order valence-electron chi connectivity index (χ2n) is 13.4. The standard InChI is InChI=1S/C34H61NP2/c1-34(35,26-14-16-28-36(30-18-6-2-7-19-30)31-20-8-3-9-21-31)27-15-17-29-37(32-22-10-4-11-23-32)33-24-12-5-13-25-33/h14-15,26-27,30-33H,2-13,16-25,28-29,35H2,1H3. The average Bonchev–Trinajstić information content (AvgIpc) is 2.95. The van der Waals surface area contributed by atoms with Gasteiger partial charge in [-0.15, -0.1) is 15.8 Å². The lowest BCUT2D eigenvalue weighted by atomic mass is 9.99. The molecule has 0 atom stereocenters. The summed E-state index contributed by atoms with van der Waals surface area (Å²) in [5.74, 6) is 0. The van der Waals surface area contributed by atoms with E-state index in [0.29, 0.717) is 0 Å². The molecule has 0 amide bonds. The fraction of sp³-hybridized carbons (Fsp3) is 0.882. The van der Waals surface area contributed by atoms with E-state index >= 15 is 0 Å². The molecule has 0 aromatic heterocycles. The highest BCUT2D eigenvalue weighted by Gasteiger charge is 2.31. The third-order valence-corrected chi connectivity index (χ3v) is 17.6. The van der Waals surface area contributed by atoms with Gasteiger partial charge in [0.1, 0.15) is 0 Å². The zero-order valence-electron chi connectivity index (χ0n) is 24.6. The summed E-state index contributed by atoms with van der Waals surface area (Å²) in [7, 11) is 0.427. The Morgan fingerprint density at radius 3 is 1.05 bits per heavy atom. The van der Waals surface area contributed by atoms with Gasteiger partial charge in [0.15, 0.2) is 0 Å². The number of rotatable bonds is 12. The highest BCUT2D eigenvalue weighted by atomic mass is 31.1. The molecule has 0 bridgehead atoms. The number of hydrogen-bond acceptors (Lipinski definition) is 1. The van der Waals surface area contributed by atoms with Gasteiger partial charge in [0, 0.05) is 5.54 Å². The largest absolute Gasteiger partial charge is 0.319 e. The normalized spacial score (nSPS) is 26.1. The molecule has 0 aromatic rings. The van der Waals surface area contributed by atoms with Crippen LogP contribution in [0.1, 0.15) is 148 Å². The number of hydrogen-bond donors (Lipinski definition) is 1. The van der Waals surface area contributed by atoms with E-state index in [9.17, 15) is 0 Å². The van der Waals surface area contributed by atoms with E-state index in [1.54, 1.807) is 0 Å². The van der Waals surface area contributed by atoms with E-state index in [-0.39, 0.29) is 21.4 Å². The van der Waals surface area contributed by atoms with Gasteiger partial charge in [-0.3, -0.25) is 0 Å². The second kappa shape index (κ2) is 16.5. The molecule has 4 aliphatic carbocycles. The van der Waals surface area contributed by atoms with Crippen molar-refractivity contribution < 1.29 is 0 Å². The summed E-state index contributed by atoms with van der Waals surface area (Å²) >= 11 is 0. The first-order valence-electron chi connectivity index (χ1n) is 16.8. The fourth-order valence-electron chi connectivity index (χ4n) is 8.15. The minimum absolute atomic E-state index is 0.213. The highest BCUT2D eigenvalue weighted by Crippen LogP contribution is 2.57. The van der Waals surface area contributed by atoms with E-state index in [0.717, 1.165) is 22.6 Å². The van der Waals surface area contributed by atoms with E-state index in [2.05, 4.69) is 31.2 Å². The summed E-state index contributed by atoms with van der Waals surface area (Å²) in [5, 5.41) is 0. The van der Waals surface area contributed by atoms with Crippen molar-refractivity contribution in [2.45, 2.75) is 176 Å². The molecule has 4 fully saturated rings. The topological polar surface area (TPSA) is 26.0 Å². The Balaban J connectivity index is 1.24. The Bertz CT molecular complexity index is 569. The van der Waals surface area contributed by atoms with Gasteiger partial charge in [0.25, 0.3) is 0 Å². The van der Waals surface area contributed by atoms with Gasteiger partial charge >= 0.3 is 0 Å². The summed E-state index contributed by atoms with van der Waals surface area (Å²) in [6, 6.07) is 0. The molecule has 4 aliphatic rings. The van der Waals surface area contributed by atoms with Crippen LogP contribution in [-0.2, 0) is 0 Å². The first-order valence-corrected chi connectivity index (χ1v) is 20.1. The SMILES string of the molecule is CC(N)(C=CCCP(C1CCCCC1)C1CCCCC1)C=CCCP(C1CCCCC1)C1CCCCC1. The highest BCUT2D eigenvalue weighted by molar-refractivity contribution is 7.59. The van der Waals surface area contributed by atoms with Crippen molar-refractivity contribution in [1.29, 1.82) is 0 Å². The molecular formula is C34H61NP2. The molecule has 0 spiro atoms. The summed E-state index contributed by atoms with van der Waals surface area (Å²) < 4.78 is 0. The Hall–Kier alpha value is 0.300. The predicted octanol–water partition coefficient (Wildman–Crippen LogP) is 10.9. The number of nitrogens with two attached hydrogens (primary N) is 1. The molecule has 0 aromatic carbocycles. The van der Waals surface area contributed by atoms with E-state index in [1.165, 1.54) is 154 Å². The van der Waals surface area contributed by atoms with Gasteiger partial charge in [-0.2, -0.15) is 0 Å². The van der Waals surface area contributed by atoms with Crippen LogP contribution in [0, 0.1) is 0 Å². The zero-order valence-corrected chi connectivity index (χ0v) is 26.3. The lowest BCUT2D eigenvalue weighted by Gasteiger charge is -2.38. The molecule has 212 valence electrons. The van der Waals surface area contributed by atoms with Crippen LogP contribution in [0.2, 0.25) is 0 Å². The van der Waals surface area contributed by atoms with Gasteiger partial charge < -0.3 is 5.73 Å². The quantitative estimate of drug-likeness (QED) is 0.191. The van der Waals surface area contributed by atoms with Crippen LogP contribution in [0.3, 0.4) is 0 Å². The molecule has 0 saturated heterocycles. The van der Waals surface area contributed by atoms with E-state index < -0.39 is 0 Å². The Morgan fingerprint density at radius 1 is 0.514 bits per heavy atom. The number of allylic oxidation sites excluding steroid dienone is 2. The van der Waals surface area contributed by atoms with Crippen molar-refractivity contribution in [3.63, 3.8) is 0 Å². The summed E-state index contributed by atoms with van der Waals surface area (Å²) in [6.45, 7) is 2.22. The van der Waals surface area contributed by atoms with Crippen molar-refractivity contribution >= 4 is 15.8 Å². The predicted molar refractivity (Wildman–Crippen MR) is 171 cm³/mol. The van der Waals surface area contributed by atoms with Crippen LogP contribution >= 0.6 is 15.8 Å². The van der Waals surface area contributed by atoms with Crippen molar-refractivity contribution in [3.8, 4) is 0 Å². The summed E-state index contributed by atoms with van der Waals surface area (Å²) in [6.07, 6.45) is 45.3. The van der Waals surface area contributed by atoms with E-state index in [4.69, 9.17) is 5.73 Å². The molecule has 2 N–H and O–H groups in total. The summed E-state index contributed by atoms with van der Waals surface area (Å²) in [4.78, 5) is 0. The Kier molecular flexibility index (Phi) is 13.5. The van der Waals surface area contributed by atoms with Crippen LogP contribution in [0.25, 0.3) is 0 Å². The monoisotopic (exact) mass is 545 g/mol. The molecule has 4 saturated carbocycles. The molecule has 0 aliphatic heterocycles. The van der Waals surface area contributed by atoms with Gasteiger partial charge in [-0.1, -0.05) is 101 Å². The smallest absolute Gasteiger partial charge is 0.0496 e. The van der Waals surface area contributed by atoms with Crippen LogP contribution < -0.4 is 5.73 Å². The summed E-state index contributed by atoms with van der Waals surface area (Å²) in [5.41, 5.74) is 10.8. The molecule has 3 heteroatoms. The molecule has 0 radical (unpaired) electrons. The van der Waals surface area contributed by atoms with Gasteiger partial charge in [0.2, 0.25) is 0 Å². The minimum Gasteiger partial charge on any atom is -0.319 e. The van der Waals surface area contributed by atoms with Gasteiger partial charge in [-0.05, 0) is 106 Å². The van der Waals surface area contributed by atoms with Gasteiger partial charge in [0.05, 0.1) is 0 Å². The van der Waals surface area contributed by atoms with Crippen LogP contribution in [0.15, 0.2) is 24.3 Å².